The van der Waals surface area contributed by atoms with Crippen molar-refractivity contribution in [3.8, 4) is 0 Å². The van der Waals surface area contributed by atoms with Gasteiger partial charge in [0.15, 0.2) is 11.5 Å². The maximum atomic E-state index is 13.5. The molecule has 0 aromatic heterocycles. The monoisotopic (exact) mass is 447 g/mol. The van der Waals surface area contributed by atoms with E-state index in [4.69, 9.17) is 4.74 Å². The largest absolute Gasteiger partial charge is 0.420 e. The summed E-state index contributed by atoms with van der Waals surface area (Å²) in [5.74, 6) is -1.26. The van der Waals surface area contributed by atoms with Crippen molar-refractivity contribution >= 4 is 27.5 Å². The number of benzene rings is 3. The minimum absolute atomic E-state index is 0.0207. The van der Waals surface area contributed by atoms with Crippen molar-refractivity contribution in [3.05, 3.63) is 107 Å². The Balaban J connectivity index is 1.88. The summed E-state index contributed by atoms with van der Waals surface area (Å²) in [6.07, 6.45) is 0. The van der Waals surface area contributed by atoms with E-state index in [0.717, 1.165) is 9.87 Å². The molecule has 0 N–H and O–H groups in total. The lowest BCUT2D eigenvalue weighted by molar-refractivity contribution is -0.114. The molecule has 0 unspecified atom stereocenters. The molecule has 0 amide bonds. The van der Waals surface area contributed by atoms with E-state index >= 15 is 0 Å². The van der Waals surface area contributed by atoms with Gasteiger partial charge >= 0.3 is 5.97 Å². The van der Waals surface area contributed by atoms with Gasteiger partial charge in [0.2, 0.25) is 0 Å². The molecule has 1 aliphatic heterocycles. The van der Waals surface area contributed by atoms with Crippen LogP contribution in [0.1, 0.15) is 34.0 Å². The molecule has 3 aromatic carbocycles. The molecule has 0 saturated heterocycles. The zero-order valence-corrected chi connectivity index (χ0v) is 18.4. The van der Waals surface area contributed by atoms with Crippen molar-refractivity contribution in [2.24, 2.45) is 0 Å². The van der Waals surface area contributed by atoms with E-state index in [-0.39, 0.29) is 28.5 Å². The smallest absolute Gasteiger partial charge is 0.343 e. The highest BCUT2D eigenvalue weighted by atomic mass is 32.2. The second-order valence-corrected chi connectivity index (χ2v) is 9.31. The SMILES string of the molecule is CC(=O)C1=C(OC(=O)c2ccc(C)cc2)c2ccccc2S(=O)(=O)N1Cc1ccccc1. The topological polar surface area (TPSA) is 80.8 Å². The normalized spacial score (nSPS) is 14.6. The van der Waals surface area contributed by atoms with Crippen LogP contribution in [-0.2, 0) is 26.1 Å². The highest BCUT2D eigenvalue weighted by molar-refractivity contribution is 7.89. The number of rotatable bonds is 5. The Bertz CT molecular complexity index is 1330. The summed E-state index contributed by atoms with van der Waals surface area (Å²) in [5.41, 5.74) is 1.98. The Hall–Kier alpha value is -3.71. The first-order chi connectivity index (χ1) is 15.3. The molecule has 4 rings (SSSR count). The first-order valence-electron chi connectivity index (χ1n) is 9.99. The average molecular weight is 448 g/mol. The fourth-order valence-electron chi connectivity index (χ4n) is 3.55. The van der Waals surface area contributed by atoms with Crippen molar-refractivity contribution in [3.63, 3.8) is 0 Å². The van der Waals surface area contributed by atoms with E-state index in [2.05, 4.69) is 0 Å². The number of carbonyl (C=O) groups is 2. The van der Waals surface area contributed by atoms with Crippen molar-refractivity contribution in [2.45, 2.75) is 25.3 Å². The van der Waals surface area contributed by atoms with Crippen LogP contribution < -0.4 is 0 Å². The summed E-state index contributed by atoms with van der Waals surface area (Å²) in [5, 5.41) is 0. The first-order valence-corrected chi connectivity index (χ1v) is 11.4. The van der Waals surface area contributed by atoms with Crippen LogP contribution in [0, 0.1) is 6.92 Å². The lowest BCUT2D eigenvalue weighted by atomic mass is 10.1. The molecular formula is C25H21NO5S. The lowest BCUT2D eigenvalue weighted by Crippen LogP contribution is -2.37. The van der Waals surface area contributed by atoms with Crippen molar-refractivity contribution in [1.29, 1.82) is 0 Å². The predicted molar refractivity (Wildman–Crippen MR) is 120 cm³/mol. The third-order valence-corrected chi connectivity index (χ3v) is 6.95. The van der Waals surface area contributed by atoms with Crippen LogP contribution in [0.3, 0.4) is 0 Å². The van der Waals surface area contributed by atoms with E-state index in [1.54, 1.807) is 60.7 Å². The van der Waals surface area contributed by atoms with Crippen LogP contribution in [0.4, 0.5) is 0 Å². The van der Waals surface area contributed by atoms with Gasteiger partial charge in [-0.25, -0.2) is 13.2 Å². The first kappa shape index (κ1) is 21.5. The number of esters is 1. The molecular weight excluding hydrogens is 426 g/mol. The van der Waals surface area contributed by atoms with Crippen molar-refractivity contribution < 1.29 is 22.7 Å². The Labute approximate surface area is 186 Å². The Morgan fingerprint density at radius 3 is 2.16 bits per heavy atom. The number of hydrogen-bond donors (Lipinski definition) is 0. The number of hydrogen-bond acceptors (Lipinski definition) is 5. The van der Waals surface area contributed by atoms with Crippen molar-refractivity contribution in [1.82, 2.24) is 4.31 Å². The Kier molecular flexibility index (Phi) is 5.67. The molecule has 0 aliphatic carbocycles. The van der Waals surface area contributed by atoms with Crippen molar-refractivity contribution in [2.75, 3.05) is 0 Å². The second kappa shape index (κ2) is 8.43. The number of carbonyl (C=O) groups excluding carboxylic acids is 2. The maximum Gasteiger partial charge on any atom is 0.343 e. The summed E-state index contributed by atoms with van der Waals surface area (Å²) in [6, 6.07) is 21.9. The zero-order valence-electron chi connectivity index (χ0n) is 17.6. The van der Waals surface area contributed by atoms with Crippen LogP contribution in [0.25, 0.3) is 5.76 Å². The zero-order chi connectivity index (χ0) is 22.9. The average Bonchev–Trinajstić information content (AvgIpc) is 2.78. The molecule has 6 nitrogen and oxygen atoms in total. The fourth-order valence-corrected chi connectivity index (χ4v) is 5.25. The second-order valence-electron chi connectivity index (χ2n) is 7.48. The van der Waals surface area contributed by atoms with Crippen LogP contribution in [0.5, 0.6) is 0 Å². The highest BCUT2D eigenvalue weighted by Gasteiger charge is 2.40. The van der Waals surface area contributed by atoms with Gasteiger partial charge in [0.05, 0.1) is 17.0 Å². The molecule has 0 spiro atoms. The molecule has 7 heteroatoms. The van der Waals surface area contributed by atoms with E-state index in [0.29, 0.717) is 11.1 Å². The summed E-state index contributed by atoms with van der Waals surface area (Å²) in [6.45, 7) is 3.09. The van der Waals surface area contributed by atoms with Gasteiger partial charge in [-0.15, -0.1) is 0 Å². The molecule has 0 atom stereocenters. The van der Waals surface area contributed by atoms with Gasteiger partial charge in [-0.1, -0.05) is 60.2 Å². The van der Waals surface area contributed by atoms with Crippen LogP contribution in [-0.4, -0.2) is 24.5 Å². The molecule has 3 aromatic rings. The van der Waals surface area contributed by atoms with Crippen LogP contribution in [0.2, 0.25) is 0 Å². The number of aryl methyl sites for hydroxylation is 1. The summed E-state index contributed by atoms with van der Waals surface area (Å²) in [7, 11) is -4.05. The molecule has 1 heterocycles. The van der Waals surface area contributed by atoms with Crippen LogP contribution >= 0.6 is 0 Å². The van der Waals surface area contributed by atoms with Gasteiger partial charge in [0.1, 0.15) is 5.70 Å². The highest BCUT2D eigenvalue weighted by Crippen LogP contribution is 2.39. The maximum absolute atomic E-state index is 13.5. The molecule has 1 aliphatic rings. The van der Waals surface area contributed by atoms with Crippen LogP contribution in [0.15, 0.2) is 89.5 Å². The van der Waals surface area contributed by atoms with Gasteiger partial charge < -0.3 is 4.74 Å². The fraction of sp³-hybridized carbons (Fsp3) is 0.120. The third-order valence-electron chi connectivity index (χ3n) is 5.15. The number of ketones is 1. The Morgan fingerprint density at radius 2 is 1.50 bits per heavy atom. The summed E-state index contributed by atoms with van der Waals surface area (Å²) >= 11 is 0. The van der Waals surface area contributed by atoms with Gasteiger partial charge in [-0.05, 0) is 36.8 Å². The van der Waals surface area contributed by atoms with E-state index < -0.39 is 21.8 Å². The number of sulfonamides is 1. The molecule has 0 saturated carbocycles. The molecule has 0 bridgehead atoms. The molecule has 162 valence electrons. The number of fused-ring (bicyclic) bond motifs is 1. The number of ether oxygens (including phenoxy) is 1. The van der Waals surface area contributed by atoms with E-state index in [9.17, 15) is 18.0 Å². The molecule has 32 heavy (non-hydrogen) atoms. The predicted octanol–water partition coefficient (Wildman–Crippen LogP) is 4.31. The quantitative estimate of drug-likeness (QED) is 0.545. The summed E-state index contributed by atoms with van der Waals surface area (Å²) in [4.78, 5) is 25.6. The third kappa shape index (κ3) is 3.94. The van der Waals surface area contributed by atoms with E-state index in [1.165, 1.54) is 19.1 Å². The lowest BCUT2D eigenvalue weighted by Gasteiger charge is -2.32. The molecule has 0 fully saturated rings. The number of Topliss-reactive ketones (excluding diaryl/α,β-unsaturated/α-hetero) is 1. The number of allylic oxidation sites excluding steroid dienone is 1. The molecule has 0 radical (unpaired) electrons. The standard InChI is InChI=1S/C25H21NO5S/c1-17-12-14-20(15-13-17)25(28)31-24-21-10-6-7-11-22(21)32(29,30)26(23(24)18(2)27)16-19-8-4-3-5-9-19/h3-15H,16H2,1-2H3. The van der Waals surface area contributed by atoms with E-state index in [1.807, 2.05) is 13.0 Å². The van der Waals surface area contributed by atoms with Gasteiger partial charge in [0.25, 0.3) is 10.0 Å². The minimum atomic E-state index is -4.05. The number of nitrogens with zero attached hydrogens (tertiary/aromatic N) is 1. The summed E-state index contributed by atoms with van der Waals surface area (Å²) < 4.78 is 33.6. The van der Waals surface area contributed by atoms with Gasteiger partial charge in [-0.2, -0.15) is 0 Å². The van der Waals surface area contributed by atoms with Gasteiger partial charge in [0, 0.05) is 12.5 Å². The Morgan fingerprint density at radius 1 is 0.875 bits per heavy atom. The van der Waals surface area contributed by atoms with Gasteiger partial charge in [-0.3, -0.25) is 9.10 Å². The minimum Gasteiger partial charge on any atom is -0.420 e.